The molecule has 0 radical (unpaired) electrons. The van der Waals surface area contributed by atoms with Crippen molar-refractivity contribution in [2.45, 2.75) is 70.9 Å². The molecular weight excluding hydrogens is 383 g/mol. The van der Waals surface area contributed by atoms with E-state index in [-0.39, 0.29) is 50.6 Å². The molecule has 0 aliphatic carbocycles. The van der Waals surface area contributed by atoms with Crippen molar-refractivity contribution in [1.82, 2.24) is 20.6 Å². The first-order chi connectivity index (χ1) is 13.8. The van der Waals surface area contributed by atoms with Crippen molar-refractivity contribution in [2.75, 3.05) is 19.6 Å². The number of hydrogen-bond donors (Lipinski definition) is 2. The molecule has 2 saturated heterocycles. The fourth-order valence-corrected chi connectivity index (χ4v) is 3.52. The van der Waals surface area contributed by atoms with E-state index in [0.717, 1.165) is 12.8 Å². The van der Waals surface area contributed by atoms with Gasteiger partial charge in [0.1, 0.15) is 0 Å². The summed E-state index contributed by atoms with van der Waals surface area (Å²) in [6.07, 6.45) is 3.34. The van der Waals surface area contributed by atoms with Crippen LogP contribution in [0.5, 0.6) is 0 Å². The van der Waals surface area contributed by atoms with Gasteiger partial charge in [0.25, 0.3) is 11.8 Å². The average Bonchev–Trinajstić information content (AvgIpc) is 2.97. The number of rotatable bonds is 9. The summed E-state index contributed by atoms with van der Waals surface area (Å²) in [6, 6.07) is 0.748. The lowest BCUT2D eigenvalue weighted by Crippen LogP contribution is -2.49. The van der Waals surface area contributed by atoms with Crippen molar-refractivity contribution < 1.29 is 28.8 Å². The van der Waals surface area contributed by atoms with E-state index < -0.39 is 17.8 Å². The van der Waals surface area contributed by atoms with Crippen LogP contribution in [0.1, 0.15) is 58.8 Å². The fraction of sp³-hybridized carbons (Fsp3) is 0.737. The first-order valence-corrected chi connectivity index (χ1v) is 10.1. The highest BCUT2D eigenvalue weighted by molar-refractivity contribution is 6.01. The SMILES string of the molecule is CC1CCCC(C)[13N]1CC(=O)[15NH][13CH2]CC(=O)[15NH]CC[13C](=O)ON1C(=O)CCC1=O. The van der Waals surface area contributed by atoms with Gasteiger partial charge in [-0.05, 0) is 26.7 Å². The van der Waals surface area contributed by atoms with Gasteiger partial charge >= 0.3 is 5.97 Å². The lowest BCUT2D eigenvalue weighted by molar-refractivity contribution is -0.197. The number of piperidine rings is 1. The topological polar surface area (TPSA) is 125 Å². The van der Waals surface area contributed by atoms with Crippen molar-refractivity contribution in [3.05, 3.63) is 0 Å². The Hall–Kier alpha value is -2.49. The Labute approximate surface area is 170 Å². The summed E-state index contributed by atoms with van der Waals surface area (Å²) in [6.45, 7) is 4.80. The summed E-state index contributed by atoms with van der Waals surface area (Å²) in [5.41, 5.74) is 0. The molecule has 2 aliphatic heterocycles. The summed E-state index contributed by atoms with van der Waals surface area (Å²) in [7, 11) is 0. The van der Waals surface area contributed by atoms with E-state index in [9.17, 15) is 24.0 Å². The lowest BCUT2D eigenvalue weighted by atomic mass is 9.89. The predicted octanol–water partition coefficient (Wildman–Crippen LogP) is -0.131. The van der Waals surface area contributed by atoms with E-state index >= 15 is 0 Å². The van der Waals surface area contributed by atoms with Gasteiger partial charge in [0.2, 0.25) is 11.8 Å². The largest absolute Gasteiger partial charge is 0.355 e. The van der Waals surface area contributed by atoms with Crippen LogP contribution in [0.3, 0.4) is 0 Å². The summed E-state index contributed by atoms with van der Waals surface area (Å²) in [5, 5.41) is 5.76. The third kappa shape index (κ3) is 7.12. The zero-order chi connectivity index (χ0) is 21.4. The molecule has 0 bridgehead atoms. The van der Waals surface area contributed by atoms with Crippen LogP contribution in [-0.2, 0) is 28.8 Å². The first kappa shape index (κ1) is 22.8. The molecule has 2 heterocycles. The van der Waals surface area contributed by atoms with Gasteiger partial charge in [-0.2, -0.15) is 0 Å². The number of imide groups is 1. The van der Waals surface area contributed by atoms with E-state index in [1.807, 2.05) is 0 Å². The number of hydroxylamine groups is 2. The second-order valence-electron chi connectivity index (χ2n) is 7.55. The Morgan fingerprint density at radius 3 is 2.14 bits per heavy atom. The molecule has 2 unspecified atom stereocenters. The normalized spacial score (nSPS) is 22.5. The van der Waals surface area contributed by atoms with Crippen LogP contribution in [0.4, 0.5) is 0 Å². The van der Waals surface area contributed by atoms with Gasteiger partial charge in [0, 0.05) is 44.4 Å². The number of hydrogen-bond acceptors (Lipinski definition) is 7. The third-order valence-corrected chi connectivity index (χ3v) is 5.23. The monoisotopic (exact) mass is 413 g/mol. The maximum atomic E-state index is 12.1. The molecule has 2 fully saturated rings. The highest BCUT2D eigenvalue weighted by Crippen LogP contribution is 2.21. The summed E-state index contributed by atoms with van der Waals surface area (Å²) >= 11 is 0. The van der Waals surface area contributed by atoms with Gasteiger partial charge in [-0.15, -0.1) is 5.06 Å². The van der Waals surface area contributed by atoms with Gasteiger partial charge in [-0.25, -0.2) is 4.79 Å². The minimum absolute atomic E-state index is 0.0185. The van der Waals surface area contributed by atoms with E-state index in [4.69, 9.17) is 4.84 Å². The third-order valence-electron chi connectivity index (χ3n) is 5.23. The molecule has 10 nitrogen and oxygen atoms in total. The Morgan fingerprint density at radius 1 is 0.966 bits per heavy atom. The van der Waals surface area contributed by atoms with Gasteiger partial charge in [0.15, 0.2) is 0 Å². The molecular formula is C19H30N4O6. The Morgan fingerprint density at radius 2 is 1.52 bits per heavy atom. The smallest absolute Gasteiger partial charge is 0.334 e. The Balaban J connectivity index is 1.56. The lowest BCUT2D eigenvalue weighted by Gasteiger charge is -2.38. The highest BCUT2D eigenvalue weighted by atomic mass is 16.8. The molecule has 2 N–H and O–H groups in total. The number of carbonyl (C=O) groups is 5. The molecule has 0 spiro atoms. The highest BCUT2D eigenvalue weighted by Gasteiger charge is 2.32. The van der Waals surface area contributed by atoms with Crippen LogP contribution in [0, 0.1) is 0 Å². The minimum atomic E-state index is -0.771. The van der Waals surface area contributed by atoms with Gasteiger partial charge < -0.3 is 15.5 Å². The molecule has 2 aliphatic rings. The average molecular weight is 413 g/mol. The van der Waals surface area contributed by atoms with Crippen molar-refractivity contribution in [3.63, 3.8) is 0 Å². The summed E-state index contributed by atoms with van der Waals surface area (Å²) < 4.78 is 0. The summed E-state index contributed by atoms with van der Waals surface area (Å²) in [4.78, 5) is 65.1. The molecule has 0 saturated carbocycles. The maximum absolute atomic E-state index is 12.1. The van der Waals surface area contributed by atoms with E-state index in [2.05, 4.69) is 29.4 Å². The van der Waals surface area contributed by atoms with Crippen LogP contribution in [0.15, 0.2) is 0 Å². The second kappa shape index (κ2) is 10.9. The van der Waals surface area contributed by atoms with Gasteiger partial charge in [0.05, 0.1) is 13.0 Å². The summed E-state index contributed by atoms with van der Waals surface area (Å²) in [5.74, 6) is -2.28. The molecule has 29 heavy (non-hydrogen) atoms. The molecule has 10 heteroatoms. The zero-order valence-electron chi connectivity index (χ0n) is 17.1. The minimum Gasteiger partial charge on any atom is -0.355 e. The van der Waals surface area contributed by atoms with Crippen LogP contribution < -0.4 is 10.6 Å². The van der Waals surface area contributed by atoms with Crippen molar-refractivity contribution >= 4 is 29.6 Å². The first-order valence-electron chi connectivity index (χ1n) is 10.1. The van der Waals surface area contributed by atoms with Crippen LogP contribution in [-0.4, -0.2) is 71.3 Å². The van der Waals surface area contributed by atoms with Crippen molar-refractivity contribution in [3.8, 4) is 0 Å². The number of carbonyl (C=O) groups excluding carboxylic acids is 5. The molecule has 0 aromatic heterocycles. The van der Waals surface area contributed by atoms with Crippen molar-refractivity contribution in [2.24, 2.45) is 0 Å². The maximum Gasteiger partial charge on any atom is 0.334 e. The predicted molar refractivity (Wildman–Crippen MR) is 102 cm³/mol. The molecule has 0 aromatic carbocycles. The zero-order valence-corrected chi connectivity index (χ0v) is 17.1. The van der Waals surface area contributed by atoms with Crippen LogP contribution in [0.2, 0.25) is 0 Å². The molecule has 4 amide bonds. The Kier molecular flexibility index (Phi) is 8.56. The van der Waals surface area contributed by atoms with Crippen LogP contribution >= 0.6 is 0 Å². The van der Waals surface area contributed by atoms with E-state index in [0.29, 0.717) is 23.7 Å². The molecule has 2 atom stereocenters. The number of nitrogens with one attached hydrogen (secondary N) is 2. The van der Waals surface area contributed by atoms with Crippen LogP contribution in [0.25, 0.3) is 0 Å². The standard InChI is InChI=1S/C19H30N4O6/c1-13-4-3-5-14(2)22(13)12-16(25)21-10-8-15(24)20-11-9-19(28)29-23-17(26)6-7-18(23)27/h13-14H,3-12H2,1-2H3,(H,20,24)(H,21,25)/i10+1,19+1,20+1,21+1,22-1. The number of likely N-dealkylation sites (tertiary alicyclic amines) is 1. The van der Waals surface area contributed by atoms with E-state index in [1.165, 1.54) is 6.42 Å². The van der Waals surface area contributed by atoms with E-state index in [1.54, 1.807) is 0 Å². The fourth-order valence-electron chi connectivity index (χ4n) is 3.52. The molecule has 0 aromatic rings. The number of nitrogens with zero attached hydrogens (tertiary/aromatic N) is 2. The Bertz CT molecular complexity index is 627. The van der Waals surface area contributed by atoms with Crippen molar-refractivity contribution in [1.29, 1.82) is 0 Å². The molecule has 162 valence electrons. The number of amides is 4. The van der Waals surface area contributed by atoms with Gasteiger partial charge in [-0.3, -0.25) is 24.1 Å². The van der Waals surface area contributed by atoms with Gasteiger partial charge in [-0.1, -0.05) is 6.42 Å². The quantitative estimate of drug-likeness (QED) is 0.306. The molecule has 2 rings (SSSR count). The second-order valence-corrected chi connectivity index (χ2v) is 7.55.